The number of carbonyl (C=O) groups is 2. The van der Waals surface area contributed by atoms with Crippen LogP contribution in [0.2, 0.25) is 0 Å². The molecular formula is C16H15N3O5. The summed E-state index contributed by atoms with van der Waals surface area (Å²) in [7, 11) is 0. The fourth-order valence-corrected chi connectivity index (χ4v) is 1.85. The molecule has 1 heterocycles. The molecule has 0 bridgehead atoms. The number of hydrogen-bond donors (Lipinski definition) is 2. The minimum absolute atomic E-state index is 0.0993. The molecule has 1 aromatic carbocycles. The Balaban J connectivity index is 1.80. The van der Waals surface area contributed by atoms with E-state index in [1.54, 1.807) is 24.3 Å². The van der Waals surface area contributed by atoms with Crippen molar-refractivity contribution < 1.29 is 18.9 Å². The van der Waals surface area contributed by atoms with E-state index in [1.807, 2.05) is 0 Å². The van der Waals surface area contributed by atoms with Crippen molar-refractivity contribution >= 4 is 23.6 Å². The predicted octanol–water partition coefficient (Wildman–Crippen LogP) is 1.63. The van der Waals surface area contributed by atoms with E-state index in [2.05, 4.69) is 10.6 Å². The van der Waals surface area contributed by atoms with E-state index >= 15 is 0 Å². The van der Waals surface area contributed by atoms with Gasteiger partial charge in [-0.25, -0.2) is 0 Å². The number of nitrogens with zero attached hydrogens (tertiary/aromatic N) is 1. The molecule has 0 radical (unpaired) electrons. The monoisotopic (exact) mass is 329 g/mol. The highest BCUT2D eigenvalue weighted by atomic mass is 16.6. The number of rotatable bonds is 7. The Bertz CT molecular complexity index is 753. The Morgan fingerprint density at radius 3 is 2.67 bits per heavy atom. The molecule has 1 aromatic heterocycles. The summed E-state index contributed by atoms with van der Waals surface area (Å²) in [5, 5.41) is 15.8. The minimum Gasteiger partial charge on any atom is -0.467 e. The van der Waals surface area contributed by atoms with Crippen LogP contribution in [0.5, 0.6) is 0 Å². The van der Waals surface area contributed by atoms with Crippen molar-refractivity contribution in [2.24, 2.45) is 0 Å². The van der Waals surface area contributed by atoms with Crippen LogP contribution in [0.15, 0.2) is 53.2 Å². The number of furan rings is 1. The third-order valence-corrected chi connectivity index (χ3v) is 3.01. The molecule has 0 spiro atoms. The molecule has 0 saturated carbocycles. The van der Waals surface area contributed by atoms with Crippen LogP contribution in [0.3, 0.4) is 0 Å². The van der Waals surface area contributed by atoms with Crippen molar-refractivity contribution in [3.8, 4) is 0 Å². The van der Waals surface area contributed by atoms with Crippen molar-refractivity contribution in [2.75, 3.05) is 6.54 Å². The van der Waals surface area contributed by atoms with Crippen LogP contribution in [-0.4, -0.2) is 23.3 Å². The average Bonchev–Trinajstić information content (AvgIpc) is 3.10. The zero-order chi connectivity index (χ0) is 17.4. The molecule has 0 atom stereocenters. The van der Waals surface area contributed by atoms with Crippen molar-refractivity contribution in [3.05, 3.63) is 70.2 Å². The Kier molecular flexibility index (Phi) is 5.84. The molecule has 0 aliphatic carbocycles. The number of benzene rings is 1. The first kappa shape index (κ1) is 16.9. The van der Waals surface area contributed by atoms with Crippen LogP contribution in [0.4, 0.5) is 5.69 Å². The van der Waals surface area contributed by atoms with E-state index in [9.17, 15) is 19.7 Å². The highest BCUT2D eigenvalue weighted by Crippen LogP contribution is 2.18. The van der Waals surface area contributed by atoms with E-state index in [0.717, 1.165) is 6.08 Å². The Hall–Kier alpha value is -3.42. The third-order valence-electron chi connectivity index (χ3n) is 3.01. The van der Waals surface area contributed by atoms with Gasteiger partial charge < -0.3 is 15.1 Å². The minimum atomic E-state index is -0.528. The van der Waals surface area contributed by atoms with E-state index in [-0.39, 0.29) is 24.7 Å². The molecule has 0 aliphatic heterocycles. The highest BCUT2D eigenvalue weighted by molar-refractivity contribution is 5.94. The normalized spacial score (nSPS) is 10.5. The van der Waals surface area contributed by atoms with E-state index in [4.69, 9.17) is 4.42 Å². The van der Waals surface area contributed by atoms with Crippen LogP contribution in [0.1, 0.15) is 11.3 Å². The summed E-state index contributed by atoms with van der Waals surface area (Å²) in [5.74, 6) is -0.300. The van der Waals surface area contributed by atoms with Gasteiger partial charge in [0.25, 0.3) is 5.69 Å². The summed E-state index contributed by atoms with van der Waals surface area (Å²) < 4.78 is 5.06. The molecule has 2 N–H and O–H groups in total. The van der Waals surface area contributed by atoms with Crippen LogP contribution in [0.25, 0.3) is 6.08 Å². The average molecular weight is 329 g/mol. The van der Waals surface area contributed by atoms with Gasteiger partial charge in [-0.2, -0.15) is 0 Å². The summed E-state index contributed by atoms with van der Waals surface area (Å²) in [6.45, 7) is 0.0223. The van der Waals surface area contributed by atoms with Gasteiger partial charge in [-0.15, -0.1) is 0 Å². The van der Waals surface area contributed by atoms with E-state index < -0.39 is 10.8 Å². The smallest absolute Gasteiger partial charge is 0.276 e. The molecule has 0 fully saturated rings. The van der Waals surface area contributed by atoms with Gasteiger partial charge in [0.1, 0.15) is 5.76 Å². The first-order valence-electron chi connectivity index (χ1n) is 7.04. The Labute approximate surface area is 137 Å². The van der Waals surface area contributed by atoms with Crippen molar-refractivity contribution in [3.63, 3.8) is 0 Å². The molecule has 24 heavy (non-hydrogen) atoms. The van der Waals surface area contributed by atoms with Crippen LogP contribution in [0, 0.1) is 10.1 Å². The predicted molar refractivity (Wildman–Crippen MR) is 85.7 cm³/mol. The molecule has 8 nitrogen and oxygen atoms in total. The molecule has 0 saturated heterocycles. The van der Waals surface area contributed by atoms with Gasteiger partial charge in [0.05, 0.1) is 29.8 Å². The zero-order valence-electron chi connectivity index (χ0n) is 12.6. The van der Waals surface area contributed by atoms with Gasteiger partial charge in [0.2, 0.25) is 11.8 Å². The van der Waals surface area contributed by atoms with Gasteiger partial charge in [-0.1, -0.05) is 12.1 Å². The molecule has 8 heteroatoms. The summed E-state index contributed by atoms with van der Waals surface area (Å²) in [5.41, 5.74) is 0.206. The van der Waals surface area contributed by atoms with Crippen LogP contribution >= 0.6 is 0 Å². The fourth-order valence-electron chi connectivity index (χ4n) is 1.85. The van der Waals surface area contributed by atoms with Gasteiger partial charge >= 0.3 is 0 Å². The van der Waals surface area contributed by atoms with Gasteiger partial charge in [-0.3, -0.25) is 19.7 Å². The SMILES string of the molecule is O=C(/C=C/c1ccccc1[N+](=O)[O-])NCC(=O)NCc1ccco1. The first-order chi connectivity index (χ1) is 11.6. The lowest BCUT2D eigenvalue weighted by molar-refractivity contribution is -0.385. The summed E-state index contributed by atoms with van der Waals surface area (Å²) in [4.78, 5) is 33.6. The molecular weight excluding hydrogens is 314 g/mol. The lowest BCUT2D eigenvalue weighted by Gasteiger charge is -2.03. The fraction of sp³-hybridized carbons (Fsp3) is 0.125. The zero-order valence-corrected chi connectivity index (χ0v) is 12.6. The number of carbonyl (C=O) groups excluding carboxylic acids is 2. The molecule has 0 aliphatic rings. The maximum atomic E-state index is 11.7. The van der Waals surface area contributed by atoms with Gasteiger partial charge in [0, 0.05) is 12.1 Å². The molecule has 2 amide bonds. The lowest BCUT2D eigenvalue weighted by Crippen LogP contribution is -2.35. The van der Waals surface area contributed by atoms with Crippen LogP contribution < -0.4 is 10.6 Å². The van der Waals surface area contributed by atoms with E-state index in [0.29, 0.717) is 11.3 Å². The maximum Gasteiger partial charge on any atom is 0.276 e. The quantitative estimate of drug-likeness (QED) is 0.455. The summed E-state index contributed by atoms with van der Waals surface area (Å²) in [6, 6.07) is 9.47. The highest BCUT2D eigenvalue weighted by Gasteiger charge is 2.10. The number of nitro groups is 1. The van der Waals surface area contributed by atoms with Gasteiger partial charge in [0.15, 0.2) is 0 Å². The standard InChI is InChI=1S/C16H15N3O5/c20-15(8-7-12-4-1-2-6-14(12)19(22)23)18-11-16(21)17-10-13-5-3-9-24-13/h1-9H,10-11H2,(H,17,21)(H,18,20)/b8-7+. The topological polar surface area (TPSA) is 114 Å². The lowest BCUT2D eigenvalue weighted by atomic mass is 10.1. The molecule has 0 unspecified atom stereocenters. The van der Waals surface area contributed by atoms with Crippen molar-refractivity contribution in [2.45, 2.75) is 6.54 Å². The second kappa shape index (κ2) is 8.28. The second-order valence-electron chi connectivity index (χ2n) is 4.72. The number of hydrogen-bond acceptors (Lipinski definition) is 5. The Morgan fingerprint density at radius 2 is 1.96 bits per heavy atom. The van der Waals surface area contributed by atoms with Crippen molar-refractivity contribution in [1.82, 2.24) is 10.6 Å². The third kappa shape index (κ3) is 5.09. The Morgan fingerprint density at radius 1 is 1.17 bits per heavy atom. The summed E-state index contributed by atoms with van der Waals surface area (Å²) in [6.07, 6.45) is 3.97. The first-order valence-corrected chi connectivity index (χ1v) is 7.04. The maximum absolute atomic E-state index is 11.7. The molecule has 124 valence electrons. The second-order valence-corrected chi connectivity index (χ2v) is 4.72. The number of para-hydroxylation sites is 1. The number of nitrogens with one attached hydrogen (secondary N) is 2. The van der Waals surface area contributed by atoms with Gasteiger partial charge in [-0.05, 0) is 24.3 Å². The number of nitro benzene ring substituents is 1. The van der Waals surface area contributed by atoms with Crippen molar-refractivity contribution in [1.29, 1.82) is 0 Å². The molecule has 2 aromatic rings. The number of amides is 2. The van der Waals surface area contributed by atoms with Crippen LogP contribution in [-0.2, 0) is 16.1 Å². The summed E-state index contributed by atoms with van der Waals surface area (Å²) >= 11 is 0. The largest absolute Gasteiger partial charge is 0.467 e. The molecule has 2 rings (SSSR count). The van der Waals surface area contributed by atoms with E-state index in [1.165, 1.54) is 24.5 Å².